The van der Waals surface area contributed by atoms with Crippen LogP contribution in [0.5, 0.6) is 0 Å². The standard InChI is InChI=1S/C19H21N5O5/c1-12(25)13-3-5-15(6-4-13)22-17-16(24(27)28)18(21-11-20-17)23-9-7-14(8-10-23)19(26)29-2/h3-6,11,14H,7-10H2,1-2H3,(H,20,21,22). The molecule has 0 spiro atoms. The van der Waals surface area contributed by atoms with Gasteiger partial charge >= 0.3 is 11.7 Å². The number of nitrogens with one attached hydrogen (secondary N) is 1. The lowest BCUT2D eigenvalue weighted by atomic mass is 9.97. The summed E-state index contributed by atoms with van der Waals surface area (Å²) in [4.78, 5) is 44.3. The number of hydrogen-bond acceptors (Lipinski definition) is 9. The first-order chi connectivity index (χ1) is 13.9. The number of methoxy groups -OCH3 is 1. The Hall–Kier alpha value is -3.56. The molecular weight excluding hydrogens is 378 g/mol. The fourth-order valence-electron chi connectivity index (χ4n) is 3.28. The molecule has 2 heterocycles. The molecule has 1 saturated heterocycles. The van der Waals surface area contributed by atoms with Crippen molar-refractivity contribution in [3.05, 3.63) is 46.3 Å². The van der Waals surface area contributed by atoms with Crippen LogP contribution in [0.2, 0.25) is 0 Å². The van der Waals surface area contributed by atoms with E-state index in [9.17, 15) is 19.7 Å². The van der Waals surface area contributed by atoms with E-state index in [0.717, 1.165) is 0 Å². The number of carbonyl (C=O) groups excluding carboxylic acids is 2. The lowest BCUT2D eigenvalue weighted by Gasteiger charge is -2.31. The molecule has 0 amide bonds. The highest BCUT2D eigenvalue weighted by atomic mass is 16.6. The average molecular weight is 399 g/mol. The van der Waals surface area contributed by atoms with Crippen LogP contribution in [0.15, 0.2) is 30.6 Å². The van der Waals surface area contributed by atoms with Gasteiger partial charge in [-0.15, -0.1) is 0 Å². The van der Waals surface area contributed by atoms with Gasteiger partial charge in [0.25, 0.3) is 0 Å². The number of aromatic nitrogens is 2. The minimum atomic E-state index is -0.520. The van der Waals surface area contributed by atoms with Crippen LogP contribution >= 0.6 is 0 Å². The van der Waals surface area contributed by atoms with Crippen LogP contribution in [0, 0.1) is 16.0 Å². The molecule has 3 rings (SSSR count). The van der Waals surface area contributed by atoms with Crippen molar-refractivity contribution in [1.29, 1.82) is 0 Å². The summed E-state index contributed by atoms with van der Waals surface area (Å²) < 4.78 is 4.78. The van der Waals surface area contributed by atoms with Gasteiger partial charge in [-0.3, -0.25) is 19.7 Å². The number of ketones is 1. The van der Waals surface area contributed by atoms with Crippen molar-refractivity contribution < 1.29 is 19.2 Å². The molecule has 1 aromatic heterocycles. The number of nitro groups is 1. The molecule has 1 aromatic carbocycles. The fraction of sp³-hybridized carbons (Fsp3) is 0.368. The van der Waals surface area contributed by atoms with Crippen LogP contribution in [-0.2, 0) is 9.53 Å². The van der Waals surface area contributed by atoms with E-state index in [2.05, 4.69) is 15.3 Å². The monoisotopic (exact) mass is 399 g/mol. The Morgan fingerprint density at radius 1 is 1.21 bits per heavy atom. The number of benzene rings is 1. The normalized spacial score (nSPS) is 14.3. The van der Waals surface area contributed by atoms with Gasteiger partial charge in [0.05, 0.1) is 18.0 Å². The number of piperidine rings is 1. The zero-order valence-corrected chi connectivity index (χ0v) is 16.1. The Kier molecular flexibility index (Phi) is 6.01. The van der Waals surface area contributed by atoms with E-state index >= 15 is 0 Å². The third-order valence-corrected chi connectivity index (χ3v) is 4.87. The predicted octanol–water partition coefficient (Wildman–Crippen LogP) is 2.72. The summed E-state index contributed by atoms with van der Waals surface area (Å²) in [5, 5.41) is 14.7. The molecule has 2 aromatic rings. The molecular formula is C19H21N5O5. The number of Topliss-reactive ketones (excluding diaryl/α,β-unsaturated/α-hetero) is 1. The van der Waals surface area contributed by atoms with Crippen LogP contribution in [-0.4, -0.2) is 46.8 Å². The van der Waals surface area contributed by atoms with Crippen molar-refractivity contribution in [1.82, 2.24) is 9.97 Å². The number of rotatable bonds is 6. The van der Waals surface area contributed by atoms with Gasteiger partial charge < -0.3 is 15.0 Å². The fourth-order valence-corrected chi connectivity index (χ4v) is 3.28. The first kappa shape index (κ1) is 20.2. The van der Waals surface area contributed by atoms with Crippen LogP contribution in [0.4, 0.5) is 23.0 Å². The van der Waals surface area contributed by atoms with Gasteiger partial charge in [-0.25, -0.2) is 9.97 Å². The molecule has 0 radical (unpaired) electrons. The van der Waals surface area contributed by atoms with E-state index in [1.54, 1.807) is 29.2 Å². The molecule has 0 unspecified atom stereocenters. The van der Waals surface area contributed by atoms with Gasteiger partial charge in [-0.05, 0) is 44.0 Å². The molecule has 10 heteroatoms. The zero-order valence-electron chi connectivity index (χ0n) is 16.1. The third kappa shape index (κ3) is 4.48. The topological polar surface area (TPSA) is 128 Å². The molecule has 1 fully saturated rings. The Morgan fingerprint density at radius 2 is 1.86 bits per heavy atom. The van der Waals surface area contributed by atoms with E-state index in [1.807, 2.05) is 0 Å². The lowest BCUT2D eigenvalue weighted by Crippen LogP contribution is -2.37. The maximum atomic E-state index is 11.8. The minimum absolute atomic E-state index is 0.0608. The van der Waals surface area contributed by atoms with Gasteiger partial charge in [-0.1, -0.05) is 0 Å². The highest BCUT2D eigenvalue weighted by molar-refractivity contribution is 5.94. The second kappa shape index (κ2) is 8.63. The van der Waals surface area contributed by atoms with Crippen molar-refractivity contribution in [2.75, 3.05) is 30.4 Å². The largest absolute Gasteiger partial charge is 0.469 e. The number of anilines is 3. The quantitative estimate of drug-likeness (QED) is 0.337. The van der Waals surface area contributed by atoms with Gasteiger partial charge in [0.1, 0.15) is 6.33 Å². The Balaban J connectivity index is 1.84. The van der Waals surface area contributed by atoms with Crippen molar-refractivity contribution in [2.45, 2.75) is 19.8 Å². The predicted molar refractivity (Wildman–Crippen MR) is 105 cm³/mol. The first-order valence-electron chi connectivity index (χ1n) is 9.11. The Morgan fingerprint density at radius 3 is 2.41 bits per heavy atom. The third-order valence-electron chi connectivity index (χ3n) is 4.87. The molecule has 10 nitrogen and oxygen atoms in total. The molecule has 0 aliphatic carbocycles. The molecule has 152 valence electrons. The molecule has 0 saturated carbocycles. The van der Waals surface area contributed by atoms with Crippen LogP contribution in [0.25, 0.3) is 0 Å². The summed E-state index contributed by atoms with van der Waals surface area (Å²) in [7, 11) is 1.35. The second-order valence-electron chi connectivity index (χ2n) is 6.69. The minimum Gasteiger partial charge on any atom is -0.469 e. The molecule has 0 atom stereocenters. The number of hydrogen-bond donors (Lipinski definition) is 1. The summed E-state index contributed by atoms with van der Waals surface area (Å²) in [6.07, 6.45) is 2.33. The summed E-state index contributed by atoms with van der Waals surface area (Å²) in [6.45, 7) is 2.36. The number of carbonyl (C=O) groups is 2. The molecule has 1 N–H and O–H groups in total. The first-order valence-corrected chi connectivity index (χ1v) is 9.11. The van der Waals surface area contributed by atoms with Crippen LogP contribution < -0.4 is 10.2 Å². The van der Waals surface area contributed by atoms with Crippen LogP contribution in [0.1, 0.15) is 30.1 Å². The summed E-state index contributed by atoms with van der Waals surface area (Å²) in [5.41, 5.74) is 0.869. The van der Waals surface area contributed by atoms with E-state index in [0.29, 0.717) is 37.2 Å². The zero-order chi connectivity index (χ0) is 21.0. The Bertz CT molecular complexity index is 923. The highest BCUT2D eigenvalue weighted by Crippen LogP contribution is 2.35. The van der Waals surface area contributed by atoms with Gasteiger partial charge in [0.2, 0.25) is 11.6 Å². The molecule has 1 aliphatic heterocycles. The number of esters is 1. The van der Waals surface area contributed by atoms with Crippen molar-refractivity contribution >= 4 is 34.8 Å². The SMILES string of the molecule is COC(=O)C1CCN(c2ncnc(Nc3ccc(C(C)=O)cc3)c2[N+](=O)[O-])CC1. The van der Waals surface area contributed by atoms with E-state index < -0.39 is 4.92 Å². The second-order valence-corrected chi connectivity index (χ2v) is 6.69. The maximum absolute atomic E-state index is 11.8. The Labute approximate surface area is 167 Å². The summed E-state index contributed by atoms with van der Waals surface area (Å²) in [6, 6.07) is 6.58. The molecule has 29 heavy (non-hydrogen) atoms. The number of nitrogens with zero attached hydrogens (tertiary/aromatic N) is 4. The smallest absolute Gasteiger partial charge is 0.353 e. The summed E-state index contributed by atoms with van der Waals surface area (Å²) >= 11 is 0. The summed E-state index contributed by atoms with van der Waals surface area (Å²) in [5.74, 6) is -0.281. The average Bonchev–Trinajstić information content (AvgIpc) is 2.73. The number of ether oxygens (including phenoxy) is 1. The maximum Gasteiger partial charge on any atom is 0.353 e. The van der Waals surface area contributed by atoms with Crippen molar-refractivity contribution in [3.63, 3.8) is 0 Å². The van der Waals surface area contributed by atoms with E-state index in [1.165, 1.54) is 20.4 Å². The lowest BCUT2D eigenvalue weighted by molar-refractivity contribution is -0.383. The van der Waals surface area contributed by atoms with Crippen molar-refractivity contribution in [3.8, 4) is 0 Å². The van der Waals surface area contributed by atoms with Crippen LogP contribution in [0.3, 0.4) is 0 Å². The van der Waals surface area contributed by atoms with Gasteiger partial charge in [-0.2, -0.15) is 0 Å². The van der Waals surface area contributed by atoms with E-state index in [4.69, 9.17) is 4.74 Å². The molecule has 0 bridgehead atoms. The van der Waals surface area contributed by atoms with Crippen molar-refractivity contribution in [2.24, 2.45) is 5.92 Å². The van der Waals surface area contributed by atoms with Gasteiger partial charge in [0, 0.05) is 24.3 Å². The van der Waals surface area contributed by atoms with Gasteiger partial charge in [0.15, 0.2) is 5.78 Å². The highest BCUT2D eigenvalue weighted by Gasteiger charge is 2.32. The molecule has 1 aliphatic rings. The van der Waals surface area contributed by atoms with E-state index in [-0.39, 0.29) is 35.0 Å².